The summed E-state index contributed by atoms with van der Waals surface area (Å²) in [6, 6.07) is 3.13. The van der Waals surface area contributed by atoms with Gasteiger partial charge in [-0.15, -0.1) is 0 Å². The lowest BCUT2D eigenvalue weighted by Gasteiger charge is -2.12. The van der Waals surface area contributed by atoms with Crippen LogP contribution in [0.2, 0.25) is 0 Å². The standard InChI is InChI=1S/C11H14N2O2/c1-7(8-2-3-8)13-11(15)9-4-5-12-10(14)6-9/h4-8H,2-3H2,1H3,(H,12,14)(H,13,15). The van der Waals surface area contributed by atoms with Crippen LogP contribution < -0.4 is 10.9 Å². The summed E-state index contributed by atoms with van der Waals surface area (Å²) in [6.07, 6.45) is 3.87. The molecule has 1 heterocycles. The van der Waals surface area contributed by atoms with Crippen molar-refractivity contribution >= 4 is 5.91 Å². The monoisotopic (exact) mass is 206 g/mol. The predicted molar refractivity (Wildman–Crippen MR) is 56.7 cm³/mol. The Bertz CT molecular complexity index is 421. The van der Waals surface area contributed by atoms with Crippen molar-refractivity contribution in [3.05, 3.63) is 34.2 Å². The average Bonchev–Trinajstić information content (AvgIpc) is 3.00. The number of hydrogen-bond donors (Lipinski definition) is 2. The van der Waals surface area contributed by atoms with Gasteiger partial charge in [-0.25, -0.2) is 0 Å². The molecule has 0 aliphatic heterocycles. The van der Waals surface area contributed by atoms with E-state index in [-0.39, 0.29) is 17.5 Å². The maximum Gasteiger partial charge on any atom is 0.251 e. The molecule has 0 spiro atoms. The summed E-state index contributed by atoms with van der Waals surface area (Å²) in [7, 11) is 0. The van der Waals surface area contributed by atoms with Gasteiger partial charge < -0.3 is 10.3 Å². The van der Waals surface area contributed by atoms with Gasteiger partial charge in [0, 0.05) is 23.9 Å². The molecule has 0 bridgehead atoms. The zero-order valence-electron chi connectivity index (χ0n) is 8.62. The molecule has 2 rings (SSSR count). The molecule has 1 amide bonds. The highest BCUT2D eigenvalue weighted by Gasteiger charge is 2.28. The van der Waals surface area contributed by atoms with Crippen LogP contribution in [0, 0.1) is 5.92 Å². The Hall–Kier alpha value is -1.58. The fraction of sp³-hybridized carbons (Fsp3) is 0.455. The lowest BCUT2D eigenvalue weighted by atomic mass is 10.2. The van der Waals surface area contributed by atoms with E-state index >= 15 is 0 Å². The number of pyridine rings is 1. The molecule has 1 atom stereocenters. The molecule has 1 aromatic rings. The van der Waals surface area contributed by atoms with E-state index in [4.69, 9.17) is 0 Å². The quantitative estimate of drug-likeness (QED) is 0.772. The number of aromatic nitrogens is 1. The molecule has 80 valence electrons. The lowest BCUT2D eigenvalue weighted by Crippen LogP contribution is -2.34. The average molecular weight is 206 g/mol. The molecule has 1 aliphatic rings. The zero-order chi connectivity index (χ0) is 10.8. The molecule has 2 N–H and O–H groups in total. The Morgan fingerprint density at radius 3 is 2.93 bits per heavy atom. The van der Waals surface area contributed by atoms with E-state index in [1.807, 2.05) is 6.92 Å². The summed E-state index contributed by atoms with van der Waals surface area (Å²) < 4.78 is 0. The molecule has 0 radical (unpaired) electrons. The van der Waals surface area contributed by atoms with E-state index in [9.17, 15) is 9.59 Å². The summed E-state index contributed by atoms with van der Waals surface area (Å²) in [5, 5.41) is 2.89. The molecule has 1 fully saturated rings. The summed E-state index contributed by atoms with van der Waals surface area (Å²) in [5.41, 5.74) is 0.174. The first-order valence-electron chi connectivity index (χ1n) is 5.16. The number of carbonyl (C=O) groups is 1. The summed E-state index contributed by atoms with van der Waals surface area (Å²) in [5.74, 6) is 0.455. The maximum atomic E-state index is 11.7. The molecule has 15 heavy (non-hydrogen) atoms. The number of carbonyl (C=O) groups excluding carboxylic acids is 1. The normalized spacial score (nSPS) is 17.1. The Kier molecular flexibility index (Phi) is 2.58. The number of hydrogen-bond acceptors (Lipinski definition) is 2. The Labute approximate surface area is 87.7 Å². The van der Waals surface area contributed by atoms with Gasteiger partial charge in [0.05, 0.1) is 0 Å². The summed E-state index contributed by atoms with van der Waals surface area (Å²) >= 11 is 0. The van der Waals surface area contributed by atoms with Crippen molar-refractivity contribution in [2.75, 3.05) is 0 Å². The second-order valence-electron chi connectivity index (χ2n) is 4.04. The summed E-state index contributed by atoms with van der Waals surface area (Å²) in [6.45, 7) is 2.00. The van der Waals surface area contributed by atoms with Gasteiger partial charge in [-0.3, -0.25) is 9.59 Å². The maximum absolute atomic E-state index is 11.7. The topological polar surface area (TPSA) is 62.0 Å². The van der Waals surface area contributed by atoms with Crippen molar-refractivity contribution < 1.29 is 4.79 Å². The van der Waals surface area contributed by atoms with Crippen molar-refractivity contribution in [2.24, 2.45) is 5.92 Å². The molecule has 4 nitrogen and oxygen atoms in total. The van der Waals surface area contributed by atoms with Gasteiger partial charge in [-0.1, -0.05) is 0 Å². The molecule has 1 unspecified atom stereocenters. The SMILES string of the molecule is CC(NC(=O)c1cc[nH]c(=O)c1)C1CC1. The molecular formula is C11H14N2O2. The van der Waals surface area contributed by atoms with Crippen molar-refractivity contribution in [1.29, 1.82) is 0 Å². The van der Waals surface area contributed by atoms with E-state index in [1.165, 1.54) is 25.1 Å². The van der Waals surface area contributed by atoms with E-state index < -0.39 is 0 Å². The Morgan fingerprint density at radius 2 is 2.33 bits per heavy atom. The third-order valence-electron chi connectivity index (χ3n) is 2.73. The lowest BCUT2D eigenvalue weighted by molar-refractivity contribution is 0.0935. The van der Waals surface area contributed by atoms with Crippen LogP contribution in [0.3, 0.4) is 0 Å². The van der Waals surface area contributed by atoms with Crippen LogP contribution in [-0.2, 0) is 0 Å². The van der Waals surface area contributed by atoms with Crippen LogP contribution in [0.25, 0.3) is 0 Å². The van der Waals surface area contributed by atoms with E-state index in [0.717, 1.165) is 0 Å². The van der Waals surface area contributed by atoms with E-state index in [0.29, 0.717) is 11.5 Å². The molecular weight excluding hydrogens is 192 g/mol. The number of amides is 1. The third-order valence-corrected chi connectivity index (χ3v) is 2.73. The zero-order valence-corrected chi connectivity index (χ0v) is 8.62. The second kappa shape index (κ2) is 3.88. The smallest absolute Gasteiger partial charge is 0.251 e. The van der Waals surface area contributed by atoms with Crippen molar-refractivity contribution in [1.82, 2.24) is 10.3 Å². The Balaban J connectivity index is 2.03. The number of aromatic amines is 1. The van der Waals surface area contributed by atoms with Gasteiger partial charge >= 0.3 is 0 Å². The van der Waals surface area contributed by atoms with Crippen LogP contribution in [-0.4, -0.2) is 16.9 Å². The van der Waals surface area contributed by atoms with Crippen molar-refractivity contribution in [2.45, 2.75) is 25.8 Å². The first-order valence-corrected chi connectivity index (χ1v) is 5.16. The molecule has 0 aromatic carbocycles. The third kappa shape index (κ3) is 2.46. The largest absolute Gasteiger partial charge is 0.349 e. The highest BCUT2D eigenvalue weighted by Crippen LogP contribution is 2.32. The van der Waals surface area contributed by atoms with Crippen molar-refractivity contribution in [3.63, 3.8) is 0 Å². The van der Waals surface area contributed by atoms with E-state index in [2.05, 4.69) is 10.3 Å². The highest BCUT2D eigenvalue weighted by atomic mass is 16.2. The molecule has 1 saturated carbocycles. The van der Waals surface area contributed by atoms with Crippen LogP contribution in [0.5, 0.6) is 0 Å². The number of H-pyrrole nitrogens is 1. The molecule has 1 aromatic heterocycles. The summed E-state index contributed by atoms with van der Waals surface area (Å²) in [4.78, 5) is 25.1. The fourth-order valence-electron chi connectivity index (χ4n) is 1.59. The first kappa shape index (κ1) is 9.96. The van der Waals surface area contributed by atoms with Gasteiger partial charge in [0.15, 0.2) is 0 Å². The van der Waals surface area contributed by atoms with Gasteiger partial charge in [0.25, 0.3) is 5.91 Å². The van der Waals surface area contributed by atoms with Gasteiger partial charge in [-0.2, -0.15) is 0 Å². The van der Waals surface area contributed by atoms with Crippen LogP contribution >= 0.6 is 0 Å². The van der Waals surface area contributed by atoms with E-state index in [1.54, 1.807) is 6.07 Å². The molecule has 4 heteroatoms. The van der Waals surface area contributed by atoms with Crippen molar-refractivity contribution in [3.8, 4) is 0 Å². The minimum atomic E-state index is -0.248. The van der Waals surface area contributed by atoms with Crippen LogP contribution in [0.4, 0.5) is 0 Å². The van der Waals surface area contributed by atoms with Gasteiger partial charge in [-0.05, 0) is 31.7 Å². The van der Waals surface area contributed by atoms with Gasteiger partial charge in [0.1, 0.15) is 0 Å². The predicted octanol–water partition coefficient (Wildman–Crippen LogP) is 0.903. The second-order valence-corrected chi connectivity index (χ2v) is 4.04. The minimum Gasteiger partial charge on any atom is -0.349 e. The number of rotatable bonds is 3. The molecule has 0 saturated heterocycles. The Morgan fingerprint density at radius 1 is 1.60 bits per heavy atom. The van der Waals surface area contributed by atoms with Gasteiger partial charge in [0.2, 0.25) is 5.56 Å². The number of nitrogens with one attached hydrogen (secondary N) is 2. The fourth-order valence-corrected chi connectivity index (χ4v) is 1.59. The van der Waals surface area contributed by atoms with Crippen LogP contribution in [0.1, 0.15) is 30.1 Å². The minimum absolute atomic E-state index is 0.166. The first-order chi connectivity index (χ1) is 7.16. The molecule has 1 aliphatic carbocycles. The van der Waals surface area contributed by atoms with Crippen LogP contribution in [0.15, 0.2) is 23.1 Å². The highest BCUT2D eigenvalue weighted by molar-refractivity contribution is 5.94.